The summed E-state index contributed by atoms with van der Waals surface area (Å²) in [5.74, 6) is 0.770. The lowest BCUT2D eigenvalue weighted by atomic mass is 10.2. The van der Waals surface area contributed by atoms with Gasteiger partial charge in [0, 0.05) is 25.4 Å². The number of amides is 1. The van der Waals surface area contributed by atoms with Crippen LogP contribution in [0, 0.1) is 0 Å². The van der Waals surface area contributed by atoms with Crippen molar-refractivity contribution >= 4 is 17.4 Å². The summed E-state index contributed by atoms with van der Waals surface area (Å²) in [6.07, 6.45) is 5.90. The zero-order valence-corrected chi connectivity index (χ0v) is 11.0. The van der Waals surface area contributed by atoms with Crippen molar-refractivity contribution in [3.8, 4) is 0 Å². The van der Waals surface area contributed by atoms with Crippen LogP contribution in [0.3, 0.4) is 0 Å². The molecule has 18 heavy (non-hydrogen) atoms. The Morgan fingerprint density at radius 3 is 3.11 bits per heavy atom. The van der Waals surface area contributed by atoms with Gasteiger partial charge in [0.05, 0.1) is 5.69 Å². The summed E-state index contributed by atoms with van der Waals surface area (Å²) in [5.41, 5.74) is 0.790. The lowest BCUT2D eigenvalue weighted by Crippen LogP contribution is -2.26. The number of carbonyl (C=O) groups excluding carboxylic acids is 1. The van der Waals surface area contributed by atoms with Crippen LogP contribution in [-0.2, 0) is 12.8 Å². The van der Waals surface area contributed by atoms with Crippen LogP contribution in [0.4, 0.5) is 0 Å². The van der Waals surface area contributed by atoms with Gasteiger partial charge in [-0.15, -0.1) is 5.10 Å². The van der Waals surface area contributed by atoms with Crippen molar-refractivity contribution in [1.82, 2.24) is 24.9 Å². The molecule has 0 radical (unpaired) electrons. The van der Waals surface area contributed by atoms with Gasteiger partial charge in [0.15, 0.2) is 0 Å². The van der Waals surface area contributed by atoms with E-state index in [2.05, 4.69) is 31.8 Å². The first-order valence-electron chi connectivity index (χ1n) is 5.89. The molecule has 0 aliphatic carbocycles. The number of carbonyl (C=O) groups is 1. The van der Waals surface area contributed by atoms with E-state index in [0.717, 1.165) is 35.9 Å². The first-order chi connectivity index (χ1) is 8.81. The van der Waals surface area contributed by atoms with Crippen molar-refractivity contribution in [1.29, 1.82) is 0 Å². The Kier molecular flexibility index (Phi) is 4.40. The Morgan fingerprint density at radius 2 is 2.39 bits per heavy atom. The van der Waals surface area contributed by atoms with Gasteiger partial charge in [-0.25, -0.2) is 4.98 Å². The molecule has 0 saturated carbocycles. The van der Waals surface area contributed by atoms with Crippen LogP contribution < -0.4 is 5.32 Å². The standard InChI is InChI=1S/C11H15N5OS/c1-2-3-8-10(18-16-15-8)11(17)14-5-4-9-12-6-7-13-9/h6-7H,2-5H2,1H3,(H,12,13)(H,14,17). The van der Waals surface area contributed by atoms with Crippen LogP contribution in [-0.4, -0.2) is 32.0 Å². The molecule has 0 aromatic carbocycles. The molecular weight excluding hydrogens is 250 g/mol. The van der Waals surface area contributed by atoms with E-state index in [4.69, 9.17) is 0 Å². The topological polar surface area (TPSA) is 83.6 Å². The highest BCUT2D eigenvalue weighted by molar-refractivity contribution is 7.08. The second-order valence-corrected chi connectivity index (χ2v) is 4.59. The van der Waals surface area contributed by atoms with Crippen molar-refractivity contribution < 1.29 is 4.79 Å². The number of H-pyrrole nitrogens is 1. The molecule has 2 rings (SSSR count). The highest BCUT2D eigenvalue weighted by Gasteiger charge is 2.14. The average Bonchev–Trinajstić information content (AvgIpc) is 3.00. The summed E-state index contributed by atoms with van der Waals surface area (Å²) < 4.78 is 3.83. The van der Waals surface area contributed by atoms with Gasteiger partial charge in [-0.05, 0) is 18.0 Å². The summed E-state index contributed by atoms with van der Waals surface area (Å²) in [6.45, 7) is 2.60. The SMILES string of the molecule is CCCc1nnsc1C(=O)NCCc1ncc[nH]1. The van der Waals surface area contributed by atoms with Gasteiger partial charge in [0.1, 0.15) is 10.7 Å². The molecule has 2 heterocycles. The number of nitrogens with zero attached hydrogens (tertiary/aromatic N) is 3. The van der Waals surface area contributed by atoms with Crippen LogP contribution in [0.5, 0.6) is 0 Å². The number of aromatic amines is 1. The monoisotopic (exact) mass is 265 g/mol. The molecule has 2 aromatic rings. The Hall–Kier alpha value is -1.76. The van der Waals surface area contributed by atoms with E-state index in [-0.39, 0.29) is 5.91 Å². The van der Waals surface area contributed by atoms with Crippen molar-refractivity contribution in [2.45, 2.75) is 26.2 Å². The zero-order valence-electron chi connectivity index (χ0n) is 10.1. The number of aryl methyl sites for hydroxylation is 1. The summed E-state index contributed by atoms with van der Waals surface area (Å²) in [5, 5.41) is 6.83. The smallest absolute Gasteiger partial charge is 0.264 e. The van der Waals surface area contributed by atoms with Crippen molar-refractivity contribution in [2.75, 3.05) is 6.54 Å². The first kappa shape index (κ1) is 12.7. The highest BCUT2D eigenvalue weighted by atomic mass is 32.1. The van der Waals surface area contributed by atoms with Crippen LogP contribution in [0.1, 0.15) is 34.5 Å². The van der Waals surface area contributed by atoms with Gasteiger partial charge in [-0.2, -0.15) is 0 Å². The van der Waals surface area contributed by atoms with E-state index in [1.54, 1.807) is 12.4 Å². The molecule has 0 aliphatic heterocycles. The quantitative estimate of drug-likeness (QED) is 0.821. The maximum Gasteiger partial charge on any atom is 0.264 e. The molecule has 1 amide bonds. The molecule has 0 unspecified atom stereocenters. The average molecular weight is 265 g/mol. The van der Waals surface area contributed by atoms with Gasteiger partial charge < -0.3 is 10.3 Å². The van der Waals surface area contributed by atoms with Crippen molar-refractivity contribution in [3.63, 3.8) is 0 Å². The molecule has 2 N–H and O–H groups in total. The molecule has 7 heteroatoms. The Balaban J connectivity index is 1.85. The van der Waals surface area contributed by atoms with Crippen LogP contribution in [0.2, 0.25) is 0 Å². The third-order valence-corrected chi connectivity index (χ3v) is 3.22. The van der Waals surface area contributed by atoms with Gasteiger partial charge >= 0.3 is 0 Å². The van der Waals surface area contributed by atoms with Crippen LogP contribution >= 0.6 is 11.5 Å². The first-order valence-corrected chi connectivity index (χ1v) is 6.66. The van der Waals surface area contributed by atoms with Gasteiger partial charge in [0.2, 0.25) is 0 Å². The normalized spacial score (nSPS) is 10.5. The minimum Gasteiger partial charge on any atom is -0.351 e. The molecule has 0 aliphatic rings. The maximum absolute atomic E-state index is 11.9. The third kappa shape index (κ3) is 3.13. The van der Waals surface area contributed by atoms with E-state index < -0.39 is 0 Å². The van der Waals surface area contributed by atoms with E-state index in [0.29, 0.717) is 17.8 Å². The fourth-order valence-corrected chi connectivity index (χ4v) is 2.22. The minimum absolute atomic E-state index is 0.0972. The minimum atomic E-state index is -0.0972. The second kappa shape index (κ2) is 6.25. The maximum atomic E-state index is 11.9. The lowest BCUT2D eigenvalue weighted by Gasteiger charge is -2.02. The van der Waals surface area contributed by atoms with Crippen molar-refractivity contribution in [2.24, 2.45) is 0 Å². The largest absolute Gasteiger partial charge is 0.351 e. The summed E-state index contributed by atoms with van der Waals surface area (Å²) in [7, 11) is 0. The molecule has 6 nitrogen and oxygen atoms in total. The Labute approximate surface area is 109 Å². The second-order valence-electron chi connectivity index (χ2n) is 3.84. The van der Waals surface area contributed by atoms with Crippen molar-refractivity contribution in [3.05, 3.63) is 28.8 Å². The molecule has 0 saturated heterocycles. The van der Waals surface area contributed by atoms with Gasteiger partial charge in [-0.1, -0.05) is 17.8 Å². The summed E-state index contributed by atoms with van der Waals surface area (Å²) in [6, 6.07) is 0. The number of hydrogen-bond donors (Lipinski definition) is 2. The predicted octanol–water partition coefficient (Wildman–Crippen LogP) is 1.19. The molecule has 0 atom stereocenters. The zero-order chi connectivity index (χ0) is 12.8. The predicted molar refractivity (Wildman–Crippen MR) is 68.5 cm³/mol. The molecule has 0 bridgehead atoms. The number of hydrogen-bond acceptors (Lipinski definition) is 5. The summed E-state index contributed by atoms with van der Waals surface area (Å²) >= 11 is 1.15. The number of rotatable bonds is 6. The molecule has 2 aromatic heterocycles. The van der Waals surface area contributed by atoms with E-state index in [1.165, 1.54) is 0 Å². The summed E-state index contributed by atoms with van der Waals surface area (Å²) in [4.78, 5) is 19.6. The van der Waals surface area contributed by atoms with E-state index in [1.807, 2.05) is 0 Å². The lowest BCUT2D eigenvalue weighted by molar-refractivity contribution is 0.0957. The van der Waals surface area contributed by atoms with Gasteiger partial charge in [0.25, 0.3) is 5.91 Å². The molecule has 0 spiro atoms. The Bertz CT molecular complexity index is 493. The number of imidazole rings is 1. The number of nitrogens with one attached hydrogen (secondary N) is 2. The Morgan fingerprint density at radius 1 is 1.50 bits per heavy atom. The van der Waals surface area contributed by atoms with Crippen LogP contribution in [0.25, 0.3) is 0 Å². The van der Waals surface area contributed by atoms with Gasteiger partial charge in [-0.3, -0.25) is 4.79 Å². The highest BCUT2D eigenvalue weighted by Crippen LogP contribution is 2.12. The fraction of sp³-hybridized carbons (Fsp3) is 0.455. The van der Waals surface area contributed by atoms with Crippen LogP contribution in [0.15, 0.2) is 12.4 Å². The number of aromatic nitrogens is 4. The van der Waals surface area contributed by atoms with E-state index >= 15 is 0 Å². The fourth-order valence-electron chi connectivity index (χ4n) is 1.59. The molecule has 96 valence electrons. The third-order valence-electron chi connectivity index (χ3n) is 2.45. The molecular formula is C11H15N5OS. The van der Waals surface area contributed by atoms with E-state index in [9.17, 15) is 4.79 Å². The molecule has 0 fully saturated rings.